The standard InChI is InChI=1S/C32H39N3O6.C24H33N3O5/c1-32(2,19-12-4-3-7-13-24-14-8-5-9-15-24)30(37)40-23-29-39-22-28(41-29)35-20-18-27(34-31(35)38)33-21-26(36)25-16-10-6-11-17-25;1-24(2,14-9-4-3-6-10-18-11-7-5-8-12-18)22(28)31-17-21-30-16-20(32-21)27-15-13-19(25)26-23(27)29/h5-6,8-11,14-18,20,28-29H,3-4,7,12-13,19,21-23H2,1-2H3,(H,33,34,38);5,7-8,11-13,15,20-21H,3-4,6,9-10,14,16-17H2,1-2H3,(H2,25,26,29)/t28-,29-;20-,21-/m00/s1. The Morgan fingerprint density at radius 3 is 1.51 bits per heavy atom. The molecule has 0 amide bonds. The largest absolute Gasteiger partial charge is 0.460 e. The molecule has 3 N–H and O–H groups in total. The quantitative estimate of drug-likeness (QED) is 0.0301. The Bertz CT molecular complexity index is 2610. The number of aromatic nitrogens is 4. The van der Waals surface area contributed by atoms with Gasteiger partial charge in [0.05, 0.1) is 30.6 Å². The Labute approximate surface area is 427 Å². The molecular weight excluding hydrogens is 933 g/mol. The number of hydrogen-bond donors (Lipinski definition) is 2. The van der Waals surface area contributed by atoms with Crippen molar-refractivity contribution < 1.29 is 42.8 Å². The van der Waals surface area contributed by atoms with Crippen molar-refractivity contribution in [3.63, 3.8) is 0 Å². The van der Waals surface area contributed by atoms with E-state index in [1.54, 1.807) is 30.3 Å². The molecule has 0 aliphatic carbocycles. The van der Waals surface area contributed by atoms with Gasteiger partial charge in [0.25, 0.3) is 0 Å². The summed E-state index contributed by atoms with van der Waals surface area (Å²) in [7, 11) is 0. The van der Waals surface area contributed by atoms with Gasteiger partial charge >= 0.3 is 23.3 Å². The van der Waals surface area contributed by atoms with Crippen LogP contribution in [0.15, 0.2) is 125 Å². The summed E-state index contributed by atoms with van der Waals surface area (Å²) in [6.07, 6.45) is 12.6. The second-order valence-electron chi connectivity index (χ2n) is 19.7. The van der Waals surface area contributed by atoms with E-state index in [1.165, 1.54) is 38.7 Å². The smallest absolute Gasteiger partial charge is 0.351 e. The van der Waals surface area contributed by atoms with Crippen molar-refractivity contribution in [1.29, 1.82) is 0 Å². The maximum Gasteiger partial charge on any atom is 0.351 e. The summed E-state index contributed by atoms with van der Waals surface area (Å²) in [5, 5.41) is 2.88. The van der Waals surface area contributed by atoms with Crippen LogP contribution >= 0.6 is 0 Å². The Morgan fingerprint density at radius 2 is 1.04 bits per heavy atom. The van der Waals surface area contributed by atoms with Crippen LogP contribution in [0.5, 0.6) is 0 Å². The second-order valence-corrected chi connectivity index (χ2v) is 19.7. The third-order valence-corrected chi connectivity index (χ3v) is 12.8. The number of nitrogens with zero attached hydrogens (tertiary/aromatic N) is 4. The number of unbranched alkanes of at least 4 members (excludes halogenated alkanes) is 6. The number of benzene rings is 3. The number of carbonyl (C=O) groups excluding carboxylic acids is 3. The lowest BCUT2D eigenvalue weighted by Gasteiger charge is -2.23. The number of anilines is 2. The van der Waals surface area contributed by atoms with Crippen LogP contribution in [0.4, 0.5) is 11.6 Å². The molecule has 7 rings (SSSR count). The molecule has 17 heteroatoms. The molecule has 3 aromatic carbocycles. The average Bonchev–Trinajstić information content (AvgIpc) is 4.07. The predicted molar refractivity (Wildman–Crippen MR) is 276 cm³/mol. The summed E-state index contributed by atoms with van der Waals surface area (Å²) >= 11 is 0. The van der Waals surface area contributed by atoms with Crippen molar-refractivity contribution >= 4 is 29.4 Å². The van der Waals surface area contributed by atoms with Gasteiger partial charge in [0.2, 0.25) is 0 Å². The molecule has 0 radical (unpaired) electrons. The lowest BCUT2D eigenvalue weighted by Crippen LogP contribution is -2.31. The van der Waals surface area contributed by atoms with Crippen LogP contribution in [0.3, 0.4) is 0 Å². The van der Waals surface area contributed by atoms with E-state index in [1.807, 2.05) is 45.9 Å². The van der Waals surface area contributed by atoms with Gasteiger partial charge in [-0.3, -0.25) is 23.5 Å². The molecule has 0 bridgehead atoms. The monoisotopic (exact) mass is 1000 g/mol. The van der Waals surface area contributed by atoms with Crippen LogP contribution in [0, 0.1) is 10.8 Å². The molecule has 5 aromatic rings. The van der Waals surface area contributed by atoms with Crippen LogP contribution in [0.2, 0.25) is 0 Å². The minimum atomic E-state index is -0.772. The number of ether oxygens (including phenoxy) is 6. The summed E-state index contributed by atoms with van der Waals surface area (Å²) < 4.78 is 36.2. The lowest BCUT2D eigenvalue weighted by molar-refractivity contribution is -0.169. The van der Waals surface area contributed by atoms with E-state index in [4.69, 9.17) is 34.2 Å². The molecule has 17 nitrogen and oxygen atoms in total. The number of aryl methyl sites for hydroxylation is 2. The molecule has 0 saturated carbocycles. The van der Waals surface area contributed by atoms with Crippen molar-refractivity contribution in [1.82, 2.24) is 19.1 Å². The fourth-order valence-corrected chi connectivity index (χ4v) is 8.30. The molecule has 2 aromatic heterocycles. The lowest BCUT2D eigenvalue weighted by atomic mass is 9.87. The van der Waals surface area contributed by atoms with E-state index in [2.05, 4.69) is 63.8 Å². The van der Waals surface area contributed by atoms with Gasteiger partial charge in [-0.05, 0) is 89.5 Å². The van der Waals surface area contributed by atoms with Crippen LogP contribution < -0.4 is 22.4 Å². The highest BCUT2D eigenvalue weighted by atomic mass is 16.8. The molecule has 392 valence electrons. The fraction of sp³-hybridized carbons (Fsp3) is 0.482. The number of rotatable bonds is 26. The normalized spacial score (nSPS) is 17.6. The highest BCUT2D eigenvalue weighted by Gasteiger charge is 2.35. The first-order valence-corrected chi connectivity index (χ1v) is 25.4. The fourth-order valence-electron chi connectivity index (χ4n) is 8.30. The van der Waals surface area contributed by atoms with Gasteiger partial charge in [-0.25, -0.2) is 9.59 Å². The Hall–Kier alpha value is -6.53. The number of ketones is 1. The van der Waals surface area contributed by atoms with Gasteiger partial charge in [0.15, 0.2) is 30.8 Å². The van der Waals surface area contributed by atoms with E-state index in [-0.39, 0.29) is 56.5 Å². The molecule has 4 heterocycles. The maximum absolute atomic E-state index is 12.7. The summed E-state index contributed by atoms with van der Waals surface area (Å²) in [5.74, 6) is -0.239. The molecule has 2 aliphatic heterocycles. The molecule has 0 spiro atoms. The molecule has 73 heavy (non-hydrogen) atoms. The van der Waals surface area contributed by atoms with Crippen molar-refractivity contribution in [2.75, 3.05) is 44.0 Å². The van der Waals surface area contributed by atoms with E-state index >= 15 is 0 Å². The first-order valence-electron chi connectivity index (χ1n) is 25.4. The number of nitrogens with two attached hydrogens (primary N) is 1. The first-order chi connectivity index (χ1) is 35.2. The van der Waals surface area contributed by atoms with Crippen LogP contribution in [0.1, 0.15) is 126 Å². The van der Waals surface area contributed by atoms with Crippen LogP contribution in [-0.4, -0.2) is 82.4 Å². The molecule has 2 fully saturated rings. The Morgan fingerprint density at radius 1 is 0.603 bits per heavy atom. The SMILES string of the molecule is CC(C)(CCCCCCc1ccccc1)C(=O)OC[C@H]1OC[C@@H](n2ccc(N)nc2=O)O1.CC(C)(CCCCCCc1ccccc1)C(=O)OC[C@H]1OC[C@@H](n2ccc(NCC(=O)c3ccccc3)nc2=O)O1. The van der Waals surface area contributed by atoms with Crippen molar-refractivity contribution in [3.05, 3.63) is 153 Å². The molecule has 2 aliphatic rings. The predicted octanol–water partition coefficient (Wildman–Crippen LogP) is 8.63. The van der Waals surface area contributed by atoms with Gasteiger partial charge in [0, 0.05) is 18.0 Å². The maximum atomic E-state index is 12.7. The summed E-state index contributed by atoms with van der Waals surface area (Å²) in [6.45, 7) is 7.82. The molecule has 2 saturated heterocycles. The van der Waals surface area contributed by atoms with E-state index < -0.39 is 47.2 Å². The number of esters is 2. The van der Waals surface area contributed by atoms with Crippen molar-refractivity contribution in [2.45, 2.75) is 130 Å². The van der Waals surface area contributed by atoms with Gasteiger partial charge < -0.3 is 39.5 Å². The molecular formula is C56H72N6O11. The summed E-state index contributed by atoms with van der Waals surface area (Å²) in [6, 6.07) is 33.0. The van der Waals surface area contributed by atoms with Crippen LogP contribution in [0.25, 0.3) is 0 Å². The van der Waals surface area contributed by atoms with Gasteiger partial charge in [-0.2, -0.15) is 9.97 Å². The number of hydrogen-bond acceptors (Lipinski definition) is 15. The number of carbonyl (C=O) groups is 3. The first kappa shape index (κ1) is 55.8. The van der Waals surface area contributed by atoms with Gasteiger partial charge in [-0.1, -0.05) is 130 Å². The average molecular weight is 1010 g/mol. The third kappa shape index (κ3) is 18.2. The van der Waals surface area contributed by atoms with E-state index in [9.17, 15) is 24.0 Å². The minimum absolute atomic E-state index is 0.0154. The van der Waals surface area contributed by atoms with Crippen molar-refractivity contribution in [3.8, 4) is 0 Å². The zero-order valence-electron chi connectivity index (χ0n) is 42.7. The third-order valence-electron chi connectivity index (χ3n) is 12.8. The zero-order valence-corrected chi connectivity index (χ0v) is 42.7. The number of nitrogens with one attached hydrogen (secondary N) is 1. The topological polar surface area (TPSA) is 214 Å². The highest BCUT2D eigenvalue weighted by molar-refractivity contribution is 5.98. The summed E-state index contributed by atoms with van der Waals surface area (Å²) in [4.78, 5) is 69.8. The Balaban J connectivity index is 0.000000246. The highest BCUT2D eigenvalue weighted by Crippen LogP contribution is 2.29. The van der Waals surface area contributed by atoms with Gasteiger partial charge in [-0.15, -0.1) is 0 Å². The van der Waals surface area contributed by atoms with E-state index in [0.29, 0.717) is 11.4 Å². The number of Topliss-reactive ketones (excluding diaryl/α,β-unsaturated/α-hetero) is 1. The molecule has 0 unspecified atom stereocenters. The van der Waals surface area contributed by atoms with Crippen molar-refractivity contribution in [2.24, 2.45) is 10.8 Å². The molecule has 4 atom stereocenters. The number of nitrogen functional groups attached to an aromatic ring is 1. The summed E-state index contributed by atoms with van der Waals surface area (Å²) in [5.41, 5.74) is 6.57. The Kier molecular flexibility index (Phi) is 21.4. The van der Waals surface area contributed by atoms with E-state index in [0.717, 1.165) is 77.0 Å². The van der Waals surface area contributed by atoms with Crippen LogP contribution in [-0.2, 0) is 50.9 Å². The zero-order chi connectivity index (χ0) is 52.1. The minimum Gasteiger partial charge on any atom is -0.460 e. The second kappa shape index (κ2) is 28.1. The van der Waals surface area contributed by atoms with Gasteiger partial charge in [0.1, 0.15) is 24.8 Å².